The van der Waals surface area contributed by atoms with Crippen LogP contribution in [0.5, 0.6) is 0 Å². The van der Waals surface area contributed by atoms with E-state index in [1.54, 1.807) is 20.8 Å². The predicted octanol–water partition coefficient (Wildman–Crippen LogP) is 4.14. The molecule has 7 nitrogen and oxygen atoms in total. The molecular formula is C16H16FN3O4. The van der Waals surface area contributed by atoms with Crippen LogP contribution in [-0.2, 0) is 4.74 Å². The van der Waals surface area contributed by atoms with Crippen LogP contribution in [0.15, 0.2) is 36.5 Å². The third-order valence-corrected chi connectivity index (χ3v) is 2.86. The van der Waals surface area contributed by atoms with Crippen LogP contribution in [0.3, 0.4) is 0 Å². The molecule has 1 N–H and O–H groups in total. The van der Waals surface area contributed by atoms with E-state index in [-0.39, 0.29) is 11.5 Å². The standard InChI is InChI=1S/C16H16FN3O4/c1-16(2,3)24-15(21)19-14-13(20(22)23)8-11(9-18-14)10-4-6-12(17)7-5-10/h4-9H,1-3H3,(H,18,19,21). The summed E-state index contributed by atoms with van der Waals surface area (Å²) in [6, 6.07) is 6.71. The van der Waals surface area contributed by atoms with Crippen molar-refractivity contribution >= 4 is 17.6 Å². The summed E-state index contributed by atoms with van der Waals surface area (Å²) in [5.41, 5.74) is -0.137. The second-order valence-electron chi connectivity index (χ2n) is 5.98. The summed E-state index contributed by atoms with van der Waals surface area (Å²) in [5.74, 6) is -0.635. The molecule has 0 saturated heterocycles. The van der Waals surface area contributed by atoms with Gasteiger partial charge in [-0.25, -0.2) is 14.2 Å². The van der Waals surface area contributed by atoms with Crippen molar-refractivity contribution in [2.24, 2.45) is 0 Å². The van der Waals surface area contributed by atoms with Gasteiger partial charge in [-0.2, -0.15) is 0 Å². The number of nitrogens with zero attached hydrogens (tertiary/aromatic N) is 2. The highest BCUT2D eigenvalue weighted by atomic mass is 19.1. The van der Waals surface area contributed by atoms with Gasteiger partial charge in [0.25, 0.3) is 0 Å². The second kappa shape index (κ2) is 6.61. The first kappa shape index (κ1) is 17.3. The molecule has 0 aliphatic rings. The Morgan fingerprint density at radius 2 is 1.88 bits per heavy atom. The number of anilines is 1. The average Bonchev–Trinajstić information content (AvgIpc) is 2.46. The molecule has 1 amide bonds. The van der Waals surface area contributed by atoms with E-state index >= 15 is 0 Å². The maximum Gasteiger partial charge on any atom is 0.413 e. The SMILES string of the molecule is CC(C)(C)OC(=O)Nc1ncc(-c2ccc(F)cc2)cc1[N+](=O)[O-]. The van der Waals surface area contributed by atoms with Crippen molar-refractivity contribution in [3.8, 4) is 11.1 Å². The van der Waals surface area contributed by atoms with Gasteiger partial charge in [0.2, 0.25) is 5.82 Å². The van der Waals surface area contributed by atoms with E-state index in [2.05, 4.69) is 10.3 Å². The summed E-state index contributed by atoms with van der Waals surface area (Å²) in [5, 5.41) is 13.5. The maximum atomic E-state index is 13.0. The minimum absolute atomic E-state index is 0.222. The van der Waals surface area contributed by atoms with Crippen molar-refractivity contribution in [3.05, 3.63) is 52.5 Å². The van der Waals surface area contributed by atoms with Crippen molar-refractivity contribution in [2.45, 2.75) is 26.4 Å². The van der Waals surface area contributed by atoms with Gasteiger partial charge >= 0.3 is 11.8 Å². The van der Waals surface area contributed by atoms with Gasteiger partial charge in [-0.05, 0) is 38.5 Å². The summed E-state index contributed by atoms with van der Waals surface area (Å²) < 4.78 is 18.0. The molecule has 0 unspecified atom stereocenters. The highest BCUT2D eigenvalue weighted by Gasteiger charge is 2.22. The van der Waals surface area contributed by atoms with E-state index < -0.39 is 22.4 Å². The van der Waals surface area contributed by atoms with E-state index in [1.807, 2.05) is 0 Å². The van der Waals surface area contributed by atoms with Gasteiger partial charge in [-0.1, -0.05) is 12.1 Å². The van der Waals surface area contributed by atoms with E-state index in [0.29, 0.717) is 11.1 Å². The molecule has 0 atom stereocenters. The number of nitro groups is 1. The zero-order valence-corrected chi connectivity index (χ0v) is 13.4. The Kier molecular flexibility index (Phi) is 4.77. The van der Waals surface area contributed by atoms with Gasteiger partial charge in [0.05, 0.1) is 4.92 Å². The molecule has 0 aliphatic carbocycles. The van der Waals surface area contributed by atoms with E-state index in [9.17, 15) is 19.3 Å². The minimum Gasteiger partial charge on any atom is -0.444 e. The third-order valence-electron chi connectivity index (χ3n) is 2.86. The summed E-state index contributed by atoms with van der Waals surface area (Å²) in [7, 11) is 0. The zero-order valence-electron chi connectivity index (χ0n) is 13.4. The fraction of sp³-hybridized carbons (Fsp3) is 0.250. The monoisotopic (exact) mass is 333 g/mol. The molecule has 2 aromatic rings. The first-order valence-electron chi connectivity index (χ1n) is 7.06. The molecule has 0 radical (unpaired) electrons. The van der Waals surface area contributed by atoms with Gasteiger partial charge in [0, 0.05) is 17.8 Å². The number of aromatic nitrogens is 1. The third kappa shape index (κ3) is 4.48. The first-order valence-corrected chi connectivity index (χ1v) is 7.06. The topological polar surface area (TPSA) is 94.4 Å². The number of hydrogen-bond acceptors (Lipinski definition) is 5. The van der Waals surface area contributed by atoms with Gasteiger partial charge < -0.3 is 4.74 Å². The molecule has 8 heteroatoms. The molecule has 126 valence electrons. The van der Waals surface area contributed by atoms with Crippen molar-refractivity contribution in [1.82, 2.24) is 4.98 Å². The van der Waals surface area contributed by atoms with Gasteiger partial charge in [-0.3, -0.25) is 15.4 Å². The maximum absolute atomic E-state index is 13.0. The highest BCUT2D eigenvalue weighted by molar-refractivity contribution is 5.87. The van der Waals surface area contributed by atoms with Crippen LogP contribution >= 0.6 is 0 Å². The highest BCUT2D eigenvalue weighted by Crippen LogP contribution is 2.29. The molecule has 1 aromatic heterocycles. The van der Waals surface area contributed by atoms with Crippen LogP contribution in [0.25, 0.3) is 11.1 Å². The average molecular weight is 333 g/mol. The molecule has 0 saturated carbocycles. The largest absolute Gasteiger partial charge is 0.444 e. The number of benzene rings is 1. The van der Waals surface area contributed by atoms with Crippen LogP contribution in [0.4, 0.5) is 20.7 Å². The Hall–Kier alpha value is -3.03. The number of nitrogens with one attached hydrogen (secondary N) is 1. The number of ether oxygens (including phenoxy) is 1. The number of pyridine rings is 1. The lowest BCUT2D eigenvalue weighted by molar-refractivity contribution is -0.384. The molecule has 1 heterocycles. The van der Waals surface area contributed by atoms with E-state index in [4.69, 9.17) is 4.74 Å². The van der Waals surface area contributed by atoms with Crippen molar-refractivity contribution in [1.29, 1.82) is 0 Å². The second-order valence-corrected chi connectivity index (χ2v) is 5.98. The zero-order chi connectivity index (χ0) is 17.9. The normalized spacial score (nSPS) is 11.0. The smallest absolute Gasteiger partial charge is 0.413 e. The summed E-state index contributed by atoms with van der Waals surface area (Å²) in [6.45, 7) is 5.02. The van der Waals surface area contributed by atoms with Crippen LogP contribution in [0, 0.1) is 15.9 Å². The first-order chi connectivity index (χ1) is 11.2. The molecule has 24 heavy (non-hydrogen) atoms. The summed E-state index contributed by atoms with van der Waals surface area (Å²) in [6.07, 6.45) is 0.514. The number of halogens is 1. The number of carbonyl (C=O) groups excluding carboxylic acids is 1. The quantitative estimate of drug-likeness (QED) is 0.673. The molecule has 0 fully saturated rings. The Balaban J connectivity index is 2.32. The van der Waals surface area contributed by atoms with Crippen molar-refractivity contribution < 1.29 is 18.8 Å². The van der Waals surface area contributed by atoms with Gasteiger partial charge in [0.15, 0.2) is 0 Å². The molecule has 2 rings (SSSR count). The molecule has 1 aromatic carbocycles. The van der Waals surface area contributed by atoms with Crippen LogP contribution < -0.4 is 5.32 Å². The Labute approximate surface area is 137 Å². The van der Waals surface area contributed by atoms with Gasteiger partial charge in [0.1, 0.15) is 11.4 Å². The number of amides is 1. The molecule has 0 bridgehead atoms. The summed E-state index contributed by atoms with van der Waals surface area (Å²) >= 11 is 0. The Morgan fingerprint density at radius 1 is 1.25 bits per heavy atom. The predicted molar refractivity (Wildman–Crippen MR) is 86.1 cm³/mol. The fourth-order valence-corrected chi connectivity index (χ4v) is 1.89. The van der Waals surface area contributed by atoms with Crippen LogP contribution in [0.1, 0.15) is 20.8 Å². The molecule has 0 spiro atoms. The fourth-order valence-electron chi connectivity index (χ4n) is 1.89. The number of hydrogen-bond donors (Lipinski definition) is 1. The molecule has 0 aliphatic heterocycles. The molecular weight excluding hydrogens is 317 g/mol. The van der Waals surface area contributed by atoms with E-state index in [0.717, 1.165) is 0 Å². The lowest BCUT2D eigenvalue weighted by Crippen LogP contribution is -2.27. The Bertz CT molecular complexity index is 770. The minimum atomic E-state index is -0.840. The van der Waals surface area contributed by atoms with Crippen LogP contribution in [-0.4, -0.2) is 21.6 Å². The number of carbonyl (C=O) groups is 1. The number of rotatable bonds is 3. The lowest BCUT2D eigenvalue weighted by atomic mass is 10.1. The van der Waals surface area contributed by atoms with Crippen LogP contribution in [0.2, 0.25) is 0 Å². The van der Waals surface area contributed by atoms with Crippen molar-refractivity contribution in [2.75, 3.05) is 5.32 Å². The lowest BCUT2D eigenvalue weighted by Gasteiger charge is -2.19. The van der Waals surface area contributed by atoms with Gasteiger partial charge in [-0.15, -0.1) is 0 Å². The summed E-state index contributed by atoms with van der Waals surface area (Å²) in [4.78, 5) is 26.3. The Morgan fingerprint density at radius 3 is 2.42 bits per heavy atom. The van der Waals surface area contributed by atoms with Crippen molar-refractivity contribution in [3.63, 3.8) is 0 Å². The van der Waals surface area contributed by atoms with E-state index in [1.165, 1.54) is 36.5 Å².